The molecule has 0 spiro atoms. The van der Waals surface area contributed by atoms with Crippen LogP contribution in [0.3, 0.4) is 0 Å². The minimum absolute atomic E-state index is 0.0924. The maximum atomic E-state index is 12.7. The van der Waals surface area contributed by atoms with Crippen molar-refractivity contribution >= 4 is 17.3 Å². The number of ketones is 2. The lowest BCUT2D eigenvalue weighted by molar-refractivity contribution is -0.131. The van der Waals surface area contributed by atoms with Crippen LogP contribution in [0.15, 0.2) is 65.9 Å². The molecule has 0 aliphatic heterocycles. The van der Waals surface area contributed by atoms with Gasteiger partial charge in [-0.15, -0.1) is 0 Å². The summed E-state index contributed by atoms with van der Waals surface area (Å²) in [6, 6.07) is 17.4. The Bertz CT molecular complexity index is 911. The maximum Gasteiger partial charge on any atom is 0.158 e. The number of hydrogen-bond donors (Lipinski definition) is 2. The van der Waals surface area contributed by atoms with Gasteiger partial charge in [-0.3, -0.25) is 9.59 Å². The van der Waals surface area contributed by atoms with E-state index in [1.165, 1.54) is 13.8 Å². The van der Waals surface area contributed by atoms with Crippen LogP contribution in [-0.2, 0) is 9.59 Å². The molecule has 1 aliphatic carbocycles. The normalized spacial score (nSPS) is 24.8. The van der Waals surface area contributed by atoms with Gasteiger partial charge < -0.3 is 10.4 Å². The van der Waals surface area contributed by atoms with Gasteiger partial charge in [0.25, 0.3) is 0 Å². The van der Waals surface area contributed by atoms with E-state index in [9.17, 15) is 14.7 Å². The monoisotopic (exact) mass is 377 g/mol. The zero-order valence-electron chi connectivity index (χ0n) is 16.8. The second-order valence-corrected chi connectivity index (χ2v) is 7.95. The minimum Gasteiger partial charge on any atom is -0.389 e. The first-order valence-corrected chi connectivity index (χ1v) is 9.56. The first-order valence-electron chi connectivity index (χ1n) is 9.56. The topological polar surface area (TPSA) is 66.4 Å². The Balaban J connectivity index is 2.18. The van der Waals surface area contributed by atoms with Crippen LogP contribution in [0, 0.1) is 12.8 Å². The molecular formula is C24H27NO3. The number of allylic oxidation sites excluding steroid dienone is 1. The molecule has 0 radical (unpaired) electrons. The summed E-state index contributed by atoms with van der Waals surface area (Å²) in [4.78, 5) is 25.3. The van der Waals surface area contributed by atoms with Crippen LogP contribution < -0.4 is 5.32 Å². The molecule has 0 heterocycles. The third-order valence-corrected chi connectivity index (χ3v) is 5.50. The number of anilines is 1. The number of carbonyl (C=O) groups is 2. The molecule has 2 N–H and O–H groups in total. The van der Waals surface area contributed by atoms with Gasteiger partial charge in [0.1, 0.15) is 5.78 Å². The number of hydrogen-bond acceptors (Lipinski definition) is 4. The highest BCUT2D eigenvalue weighted by Gasteiger charge is 2.49. The van der Waals surface area contributed by atoms with Gasteiger partial charge >= 0.3 is 0 Å². The number of aliphatic hydroxyl groups is 1. The first-order chi connectivity index (χ1) is 13.2. The van der Waals surface area contributed by atoms with E-state index in [2.05, 4.69) is 5.32 Å². The molecule has 2 aromatic rings. The average molecular weight is 377 g/mol. The molecule has 1 aliphatic rings. The van der Waals surface area contributed by atoms with Crippen molar-refractivity contribution in [1.29, 1.82) is 0 Å². The second kappa shape index (κ2) is 7.72. The molecule has 0 unspecified atom stereocenters. The number of aryl methyl sites for hydroxylation is 1. The molecule has 2 aromatic carbocycles. The Hall–Kier alpha value is -2.72. The molecule has 4 nitrogen and oxygen atoms in total. The van der Waals surface area contributed by atoms with Crippen LogP contribution >= 0.6 is 0 Å². The fraction of sp³-hybridized carbons (Fsp3) is 0.333. The van der Waals surface area contributed by atoms with E-state index < -0.39 is 17.4 Å². The molecule has 3 atom stereocenters. The molecule has 4 heteroatoms. The van der Waals surface area contributed by atoms with E-state index in [4.69, 9.17) is 0 Å². The zero-order valence-corrected chi connectivity index (χ0v) is 16.8. The van der Waals surface area contributed by atoms with Gasteiger partial charge in [-0.05, 0) is 45.4 Å². The lowest BCUT2D eigenvalue weighted by Crippen LogP contribution is -2.48. The fourth-order valence-corrected chi connectivity index (χ4v) is 4.32. The van der Waals surface area contributed by atoms with Gasteiger partial charge in [-0.25, -0.2) is 0 Å². The summed E-state index contributed by atoms with van der Waals surface area (Å²) in [5.41, 5.74) is 2.82. The molecule has 28 heavy (non-hydrogen) atoms. The SMILES string of the molecule is CC(=O)C1=C(Nc2ccc(C)cc2)C[C@](C)(O)[C@@H](C(C)=O)[C@H]1c1ccccc1. The molecule has 146 valence electrons. The Labute approximate surface area is 166 Å². The van der Waals surface area contributed by atoms with Crippen LogP contribution in [0.5, 0.6) is 0 Å². The van der Waals surface area contributed by atoms with Crippen molar-refractivity contribution in [3.63, 3.8) is 0 Å². The summed E-state index contributed by atoms with van der Waals surface area (Å²) >= 11 is 0. The largest absolute Gasteiger partial charge is 0.389 e. The molecule has 0 saturated heterocycles. The average Bonchev–Trinajstić information content (AvgIpc) is 2.62. The lowest BCUT2D eigenvalue weighted by atomic mass is 9.64. The van der Waals surface area contributed by atoms with E-state index >= 15 is 0 Å². The van der Waals surface area contributed by atoms with Gasteiger partial charge in [0.2, 0.25) is 0 Å². The van der Waals surface area contributed by atoms with Crippen molar-refractivity contribution < 1.29 is 14.7 Å². The fourth-order valence-electron chi connectivity index (χ4n) is 4.32. The van der Waals surface area contributed by atoms with Crippen molar-refractivity contribution in [2.24, 2.45) is 5.92 Å². The number of nitrogens with one attached hydrogen (secondary N) is 1. The van der Waals surface area contributed by atoms with Crippen LogP contribution in [0.25, 0.3) is 0 Å². The van der Waals surface area contributed by atoms with Gasteiger partial charge in [0.15, 0.2) is 5.78 Å². The zero-order chi connectivity index (χ0) is 20.5. The van der Waals surface area contributed by atoms with Crippen molar-refractivity contribution in [1.82, 2.24) is 0 Å². The molecule has 0 amide bonds. The van der Waals surface area contributed by atoms with Crippen molar-refractivity contribution in [3.05, 3.63) is 77.0 Å². The summed E-state index contributed by atoms with van der Waals surface area (Å²) < 4.78 is 0. The Kier molecular flexibility index (Phi) is 5.52. The Morgan fingerprint density at radius 1 is 1.04 bits per heavy atom. The first kappa shape index (κ1) is 20.0. The second-order valence-electron chi connectivity index (χ2n) is 7.95. The van der Waals surface area contributed by atoms with Crippen molar-refractivity contribution in [2.45, 2.75) is 45.6 Å². The summed E-state index contributed by atoms with van der Waals surface area (Å²) in [5, 5.41) is 14.6. The van der Waals surface area contributed by atoms with Crippen LogP contribution in [0.1, 0.15) is 44.2 Å². The van der Waals surface area contributed by atoms with Crippen molar-refractivity contribution in [3.8, 4) is 0 Å². The predicted molar refractivity (Wildman–Crippen MR) is 111 cm³/mol. The molecule has 0 aromatic heterocycles. The molecule has 0 fully saturated rings. The third-order valence-electron chi connectivity index (χ3n) is 5.50. The number of rotatable bonds is 5. The summed E-state index contributed by atoms with van der Waals surface area (Å²) in [6.07, 6.45) is 0.212. The van der Waals surface area contributed by atoms with E-state index in [0.29, 0.717) is 11.3 Å². The highest BCUT2D eigenvalue weighted by molar-refractivity contribution is 5.98. The van der Waals surface area contributed by atoms with E-state index in [1.54, 1.807) is 6.92 Å². The quantitative estimate of drug-likeness (QED) is 0.811. The van der Waals surface area contributed by atoms with Gasteiger partial charge in [-0.1, -0.05) is 48.0 Å². The molecule has 0 saturated carbocycles. The van der Waals surface area contributed by atoms with Gasteiger partial charge in [0, 0.05) is 29.3 Å². The van der Waals surface area contributed by atoms with Gasteiger partial charge in [-0.2, -0.15) is 0 Å². The Morgan fingerprint density at radius 3 is 2.18 bits per heavy atom. The summed E-state index contributed by atoms with van der Waals surface area (Å²) in [7, 11) is 0. The standard InChI is InChI=1S/C24H27NO3/c1-15-10-12-19(13-11-15)25-20-14-24(4,28)23(17(3)27)22(21(20)16(2)26)18-8-6-5-7-9-18/h5-13,22-23,25,28H,14H2,1-4H3/t22-,23-,24-/m0/s1. The van der Waals surface area contributed by atoms with Crippen LogP contribution in [-0.4, -0.2) is 22.3 Å². The smallest absolute Gasteiger partial charge is 0.158 e. The number of Topliss-reactive ketones (excluding diaryl/α,β-unsaturated/α-hetero) is 2. The number of carbonyl (C=O) groups excluding carboxylic acids is 2. The lowest BCUT2D eigenvalue weighted by Gasteiger charge is -2.43. The summed E-state index contributed by atoms with van der Waals surface area (Å²) in [6.45, 7) is 6.71. The van der Waals surface area contributed by atoms with E-state index in [0.717, 1.165) is 16.8 Å². The van der Waals surface area contributed by atoms with E-state index in [-0.39, 0.29) is 18.0 Å². The molecule has 3 rings (SSSR count). The predicted octanol–water partition coefficient (Wildman–Crippen LogP) is 4.39. The van der Waals surface area contributed by atoms with Gasteiger partial charge in [0.05, 0.1) is 11.5 Å². The van der Waals surface area contributed by atoms with Crippen molar-refractivity contribution in [2.75, 3.05) is 5.32 Å². The highest BCUT2D eigenvalue weighted by atomic mass is 16.3. The highest BCUT2D eigenvalue weighted by Crippen LogP contribution is 2.47. The minimum atomic E-state index is -1.27. The molecule has 0 bridgehead atoms. The van der Waals surface area contributed by atoms with E-state index in [1.807, 2.05) is 61.5 Å². The summed E-state index contributed by atoms with van der Waals surface area (Å²) in [5.74, 6) is -1.39. The number of benzene rings is 2. The van der Waals surface area contributed by atoms with Crippen LogP contribution in [0.2, 0.25) is 0 Å². The molecular weight excluding hydrogens is 350 g/mol. The third kappa shape index (κ3) is 3.92. The Morgan fingerprint density at radius 2 is 1.64 bits per heavy atom. The van der Waals surface area contributed by atoms with Crippen LogP contribution in [0.4, 0.5) is 5.69 Å². The maximum absolute atomic E-state index is 12.7.